The van der Waals surface area contributed by atoms with E-state index >= 15 is 0 Å². The molecule has 4 aliphatic heterocycles. The van der Waals surface area contributed by atoms with Crippen molar-refractivity contribution in [2.75, 3.05) is 27.3 Å². The molecule has 0 radical (unpaired) electrons. The van der Waals surface area contributed by atoms with Crippen LogP contribution in [0.5, 0.6) is 0 Å². The van der Waals surface area contributed by atoms with E-state index < -0.39 is 11.8 Å². The van der Waals surface area contributed by atoms with Gasteiger partial charge in [-0.1, -0.05) is 92.2 Å². The summed E-state index contributed by atoms with van der Waals surface area (Å²) in [5, 5.41) is 0. The highest BCUT2D eigenvalue weighted by molar-refractivity contribution is 5.80. The Kier molecular flexibility index (Phi) is 17.4. The molecule has 0 amide bonds. The third kappa shape index (κ3) is 13.1. The molecule has 4 aliphatic rings. The van der Waals surface area contributed by atoms with Gasteiger partial charge in [0.1, 0.15) is 37.3 Å². The number of unbranched alkanes of at least 4 members (excludes halogenated alkanes) is 3. The second kappa shape index (κ2) is 23.1. The minimum Gasteiger partial charge on any atom is -0.464 e. The summed E-state index contributed by atoms with van der Waals surface area (Å²) < 4.78 is 23.4. The van der Waals surface area contributed by atoms with E-state index in [1.165, 1.54) is 0 Å². The molecule has 0 saturated carbocycles. The van der Waals surface area contributed by atoms with E-state index in [0.717, 1.165) is 107 Å². The smallest absolute Gasteiger partial charge is 0.317 e. The van der Waals surface area contributed by atoms with Crippen LogP contribution in [0.15, 0.2) is 78.9 Å². The van der Waals surface area contributed by atoms with Crippen molar-refractivity contribution in [3.63, 3.8) is 0 Å². The fourth-order valence-corrected chi connectivity index (χ4v) is 9.59. The van der Waals surface area contributed by atoms with Crippen molar-refractivity contribution in [3.8, 4) is 0 Å². The summed E-state index contributed by atoms with van der Waals surface area (Å²) in [7, 11) is 4.33. The Balaban J connectivity index is 0.920. The van der Waals surface area contributed by atoms with Gasteiger partial charge in [-0.3, -0.25) is 19.2 Å². The van der Waals surface area contributed by atoms with E-state index in [9.17, 15) is 19.2 Å². The molecule has 10 heteroatoms. The van der Waals surface area contributed by atoms with Crippen molar-refractivity contribution >= 4 is 23.9 Å². The largest absolute Gasteiger partial charge is 0.464 e. The molecule has 6 rings (SSSR count). The lowest BCUT2D eigenvalue weighted by molar-refractivity contribution is -0.159. The highest BCUT2D eigenvalue weighted by atomic mass is 16.6. The maximum absolute atomic E-state index is 13.7. The zero-order chi connectivity index (χ0) is 42.3. The van der Waals surface area contributed by atoms with Crippen molar-refractivity contribution in [3.05, 3.63) is 95.6 Å². The van der Waals surface area contributed by atoms with Crippen LogP contribution in [0.4, 0.5) is 0 Å². The van der Waals surface area contributed by atoms with Crippen LogP contribution in [0.25, 0.3) is 0 Å². The molecule has 60 heavy (non-hydrogen) atoms. The van der Waals surface area contributed by atoms with Crippen LogP contribution in [0.3, 0.4) is 0 Å². The van der Waals surface area contributed by atoms with E-state index in [1.54, 1.807) is 0 Å². The van der Waals surface area contributed by atoms with Gasteiger partial charge in [0.15, 0.2) is 0 Å². The quantitative estimate of drug-likeness (QED) is 0.0495. The minimum atomic E-state index is -0.676. The van der Waals surface area contributed by atoms with E-state index in [2.05, 4.69) is 36.9 Å². The van der Waals surface area contributed by atoms with Crippen molar-refractivity contribution in [2.45, 2.75) is 164 Å². The molecule has 0 spiro atoms. The fourth-order valence-electron chi connectivity index (χ4n) is 9.59. The summed E-state index contributed by atoms with van der Waals surface area (Å²) in [4.78, 5) is 57.2. The molecule has 4 fully saturated rings. The molecule has 0 aromatic heterocycles. The molecule has 0 N–H and O–H groups in total. The summed E-state index contributed by atoms with van der Waals surface area (Å²) in [5.74, 6) is -2.66. The Morgan fingerprint density at radius 1 is 0.617 bits per heavy atom. The third-order valence-electron chi connectivity index (χ3n) is 13.3. The van der Waals surface area contributed by atoms with Crippen LogP contribution < -0.4 is 0 Å². The number of allylic oxidation sites excluding steroid dienone is 3. The van der Waals surface area contributed by atoms with E-state index in [0.29, 0.717) is 30.6 Å². The van der Waals surface area contributed by atoms with Gasteiger partial charge in [-0.2, -0.15) is 0 Å². The molecule has 8 atom stereocenters. The average Bonchev–Trinajstić information content (AvgIpc) is 3.55. The Morgan fingerprint density at radius 3 is 1.67 bits per heavy atom. The molecule has 0 aliphatic carbocycles. The number of carbonyl (C=O) groups is 4. The molecule has 4 unspecified atom stereocenters. The molecule has 2 aromatic carbocycles. The third-order valence-corrected chi connectivity index (χ3v) is 13.3. The molecule has 10 nitrogen and oxygen atoms in total. The van der Waals surface area contributed by atoms with Gasteiger partial charge in [-0.15, -0.1) is 0 Å². The lowest BCUT2D eigenvalue weighted by Gasteiger charge is -2.36. The zero-order valence-electron chi connectivity index (χ0n) is 36.2. The number of carbonyl (C=O) groups excluding carboxylic acids is 4. The van der Waals surface area contributed by atoms with Gasteiger partial charge in [0, 0.05) is 30.6 Å². The zero-order valence-corrected chi connectivity index (χ0v) is 36.2. The van der Waals surface area contributed by atoms with Crippen molar-refractivity contribution in [2.24, 2.45) is 0 Å². The molecule has 4 bridgehead atoms. The summed E-state index contributed by atoms with van der Waals surface area (Å²) in [5.41, 5.74) is 2.74. The second-order valence-electron chi connectivity index (χ2n) is 17.5. The van der Waals surface area contributed by atoms with Gasteiger partial charge in [-0.05, 0) is 121 Å². The Bertz CT molecular complexity index is 1720. The summed E-state index contributed by atoms with van der Waals surface area (Å²) >= 11 is 0. The van der Waals surface area contributed by atoms with Crippen molar-refractivity contribution in [1.82, 2.24) is 9.80 Å². The maximum Gasteiger partial charge on any atom is 0.317 e. The first-order valence-corrected chi connectivity index (χ1v) is 22.8. The van der Waals surface area contributed by atoms with E-state index in [-0.39, 0.29) is 62.1 Å². The summed E-state index contributed by atoms with van der Waals surface area (Å²) in [6, 6.07) is 19.3. The predicted molar refractivity (Wildman–Crippen MR) is 232 cm³/mol. The monoisotopic (exact) mass is 824 g/mol. The van der Waals surface area contributed by atoms with Gasteiger partial charge in [0.05, 0.1) is 6.42 Å². The first-order valence-electron chi connectivity index (χ1n) is 22.8. The van der Waals surface area contributed by atoms with E-state index in [1.807, 2.05) is 72.8 Å². The van der Waals surface area contributed by atoms with Crippen molar-refractivity contribution < 1.29 is 38.1 Å². The van der Waals surface area contributed by atoms with Crippen molar-refractivity contribution in [1.29, 1.82) is 0 Å². The van der Waals surface area contributed by atoms with Gasteiger partial charge < -0.3 is 28.7 Å². The Morgan fingerprint density at radius 2 is 1.12 bits per heavy atom. The van der Waals surface area contributed by atoms with Gasteiger partial charge >= 0.3 is 23.9 Å². The number of fused-ring (bicyclic) bond motifs is 4. The first-order chi connectivity index (χ1) is 29.2. The van der Waals surface area contributed by atoms with Crippen LogP contribution in [0, 0.1) is 0 Å². The standard InChI is InChI=1S/C50H68N2O8/c1-4-5-6-8-15-20-47(53)58-35-46(50(56)60-44-32-41-28-29-42(33-44)52(41)3)38-24-22-36(23-25-38)17-12-9-7-10-16-21-48(54)57-34-45(37-18-13-11-14-19-37)49(55)59-43-30-39-26-27-40(31-43)51(39)2/h6,8,10-11,13-14,16,18-19,22-25,39-46H,4-5,7,9,12,15,17,20-21,26-35H2,1-3H3/b8-6+,16-10+/t39-,40+,41-,42+,43?,44?,45?,46?. The highest BCUT2D eigenvalue weighted by Gasteiger charge is 2.42. The number of hydrogen-bond donors (Lipinski definition) is 0. The predicted octanol–water partition coefficient (Wildman–Crippen LogP) is 8.77. The van der Waals surface area contributed by atoms with E-state index in [4.69, 9.17) is 18.9 Å². The maximum atomic E-state index is 13.7. The van der Waals surface area contributed by atoms with Crippen LogP contribution in [-0.4, -0.2) is 97.4 Å². The van der Waals surface area contributed by atoms with Gasteiger partial charge in [0.25, 0.3) is 0 Å². The van der Waals surface area contributed by atoms with Crippen LogP contribution >= 0.6 is 0 Å². The molecule has 2 aromatic rings. The van der Waals surface area contributed by atoms with Crippen LogP contribution in [0.1, 0.15) is 138 Å². The Hall–Kier alpha value is -4.28. The molecule has 326 valence electrons. The number of aryl methyl sites for hydroxylation is 1. The van der Waals surface area contributed by atoms with Gasteiger partial charge in [-0.25, -0.2) is 0 Å². The van der Waals surface area contributed by atoms with Crippen LogP contribution in [0.2, 0.25) is 0 Å². The number of rotatable bonds is 22. The Labute approximate surface area is 358 Å². The van der Waals surface area contributed by atoms with Gasteiger partial charge in [0.2, 0.25) is 0 Å². The fraction of sp³-hybridized carbons (Fsp3) is 0.600. The second-order valence-corrected chi connectivity index (χ2v) is 17.5. The number of hydrogen-bond acceptors (Lipinski definition) is 10. The summed E-state index contributed by atoms with van der Waals surface area (Å²) in [6.07, 6.45) is 22.5. The first kappa shape index (κ1) is 45.3. The average molecular weight is 825 g/mol. The molecular formula is C50H68N2O8. The SMILES string of the molecule is CCC/C=C/CCC(=O)OCC(C(=O)OC1C[C@H]2CC[C@@H](C1)N2C)c1ccc(CCCC/C=C/CC(=O)OCC(C(=O)OC2C[C@H]3CC[C@@H](C2)N3C)c2ccccc2)cc1. The van der Waals surface area contributed by atoms with Crippen LogP contribution in [-0.2, 0) is 44.5 Å². The topological polar surface area (TPSA) is 112 Å². The number of piperidine rings is 2. The minimum absolute atomic E-state index is 0.0333. The lowest BCUT2D eigenvalue weighted by Crippen LogP contribution is -2.44. The highest BCUT2D eigenvalue weighted by Crippen LogP contribution is 2.37. The molecular weight excluding hydrogens is 757 g/mol. The normalized spacial score (nSPS) is 25.0. The molecule has 4 heterocycles. The number of ether oxygens (including phenoxy) is 4. The lowest BCUT2D eigenvalue weighted by atomic mass is 9.96. The number of benzene rings is 2. The molecule has 4 saturated heterocycles. The number of nitrogens with zero attached hydrogens (tertiary/aromatic N) is 2. The number of esters is 4. The summed E-state index contributed by atoms with van der Waals surface area (Å²) in [6.45, 7) is 2.04.